The third-order valence-corrected chi connectivity index (χ3v) is 3.45. The van der Waals surface area contributed by atoms with Crippen molar-refractivity contribution in [3.63, 3.8) is 0 Å². The summed E-state index contributed by atoms with van der Waals surface area (Å²) >= 11 is 3.32. The molecule has 2 N–H and O–H groups in total. The molecule has 0 unspecified atom stereocenters. The van der Waals surface area contributed by atoms with Crippen LogP contribution in [0.2, 0.25) is 0 Å². The molecule has 0 bridgehead atoms. The predicted octanol–water partition coefficient (Wildman–Crippen LogP) is 1.93. The summed E-state index contributed by atoms with van der Waals surface area (Å²) in [6.07, 6.45) is 0.123. The summed E-state index contributed by atoms with van der Waals surface area (Å²) in [5, 5.41) is 18.5. The van der Waals surface area contributed by atoms with Gasteiger partial charge in [-0.15, -0.1) is 0 Å². The van der Waals surface area contributed by atoms with E-state index in [0.29, 0.717) is 12.8 Å². The van der Waals surface area contributed by atoms with Gasteiger partial charge in [0.2, 0.25) is 0 Å². The van der Waals surface area contributed by atoms with Crippen molar-refractivity contribution in [2.45, 2.75) is 24.4 Å². The zero-order chi connectivity index (χ0) is 11.1. The molecule has 0 aromatic heterocycles. The Morgan fingerprint density at radius 2 is 2.13 bits per heavy atom. The molecular formula is C11H11BrO3. The summed E-state index contributed by atoms with van der Waals surface area (Å²) in [7, 11) is 0. The van der Waals surface area contributed by atoms with Crippen molar-refractivity contribution in [1.29, 1.82) is 0 Å². The summed E-state index contributed by atoms with van der Waals surface area (Å²) in [4.78, 5) is 11.2. The molecule has 1 aromatic rings. The van der Waals surface area contributed by atoms with Crippen LogP contribution in [-0.2, 0) is 10.2 Å². The Morgan fingerprint density at radius 3 is 2.60 bits per heavy atom. The van der Waals surface area contributed by atoms with Crippen molar-refractivity contribution in [2.24, 2.45) is 0 Å². The first-order valence-corrected chi connectivity index (χ1v) is 5.51. The second kappa shape index (κ2) is 3.61. The van der Waals surface area contributed by atoms with Crippen LogP contribution in [0.4, 0.5) is 0 Å². The van der Waals surface area contributed by atoms with E-state index in [4.69, 9.17) is 0 Å². The van der Waals surface area contributed by atoms with Crippen molar-refractivity contribution in [3.05, 3.63) is 34.3 Å². The molecule has 0 aliphatic heterocycles. The van der Waals surface area contributed by atoms with Gasteiger partial charge >= 0.3 is 5.97 Å². The van der Waals surface area contributed by atoms with Gasteiger partial charge in [-0.25, -0.2) is 0 Å². The number of halogens is 1. The maximum absolute atomic E-state index is 11.2. The highest BCUT2D eigenvalue weighted by Crippen LogP contribution is 2.44. The van der Waals surface area contributed by atoms with Gasteiger partial charge < -0.3 is 10.2 Å². The maximum Gasteiger partial charge on any atom is 0.314 e. The number of rotatable bonds is 2. The second-order valence-corrected chi connectivity index (χ2v) is 4.88. The first-order chi connectivity index (χ1) is 7.04. The molecule has 0 saturated heterocycles. The van der Waals surface area contributed by atoms with E-state index in [1.165, 1.54) is 0 Å². The molecule has 0 radical (unpaired) electrons. The topological polar surface area (TPSA) is 57.5 Å². The Morgan fingerprint density at radius 1 is 1.47 bits per heavy atom. The molecule has 1 aliphatic carbocycles. The zero-order valence-electron chi connectivity index (χ0n) is 7.98. The number of aliphatic carboxylic acids is 1. The van der Waals surface area contributed by atoms with E-state index in [9.17, 15) is 15.0 Å². The summed E-state index contributed by atoms with van der Waals surface area (Å²) < 4.78 is 0.863. The molecular weight excluding hydrogens is 260 g/mol. The summed E-state index contributed by atoms with van der Waals surface area (Å²) in [6, 6.07) is 7.27. The number of carbonyl (C=O) groups is 1. The van der Waals surface area contributed by atoms with Gasteiger partial charge in [0.15, 0.2) is 0 Å². The van der Waals surface area contributed by atoms with Gasteiger partial charge in [-0.2, -0.15) is 0 Å². The van der Waals surface area contributed by atoms with Gasteiger partial charge in [0, 0.05) is 4.47 Å². The Bertz CT molecular complexity index is 397. The van der Waals surface area contributed by atoms with Crippen LogP contribution in [0.5, 0.6) is 0 Å². The molecule has 3 nitrogen and oxygen atoms in total. The fourth-order valence-electron chi connectivity index (χ4n) is 2.06. The van der Waals surface area contributed by atoms with Gasteiger partial charge in [0.25, 0.3) is 0 Å². The molecule has 0 amide bonds. The van der Waals surface area contributed by atoms with Gasteiger partial charge in [0.1, 0.15) is 0 Å². The van der Waals surface area contributed by atoms with Crippen LogP contribution in [0, 0.1) is 0 Å². The average molecular weight is 271 g/mol. The smallest absolute Gasteiger partial charge is 0.314 e. The monoisotopic (exact) mass is 270 g/mol. The fourth-order valence-corrected chi connectivity index (χ4v) is 2.46. The van der Waals surface area contributed by atoms with Crippen molar-refractivity contribution in [3.8, 4) is 0 Å². The van der Waals surface area contributed by atoms with Gasteiger partial charge in [0.05, 0.1) is 11.5 Å². The highest BCUT2D eigenvalue weighted by atomic mass is 79.9. The third-order valence-electron chi connectivity index (χ3n) is 2.95. The zero-order valence-corrected chi connectivity index (χ0v) is 9.57. The highest BCUT2D eigenvalue weighted by molar-refractivity contribution is 9.10. The average Bonchev–Trinajstić information content (AvgIpc) is 2.12. The highest BCUT2D eigenvalue weighted by Gasteiger charge is 2.51. The summed E-state index contributed by atoms with van der Waals surface area (Å²) in [5.74, 6) is -0.856. The minimum atomic E-state index is -0.886. The van der Waals surface area contributed by atoms with E-state index >= 15 is 0 Å². The Kier molecular flexibility index (Phi) is 2.56. The maximum atomic E-state index is 11.2. The van der Waals surface area contributed by atoms with Gasteiger partial charge in [-0.05, 0) is 30.5 Å². The number of hydrogen-bond donors (Lipinski definition) is 2. The van der Waals surface area contributed by atoms with Crippen molar-refractivity contribution in [1.82, 2.24) is 0 Å². The number of aliphatic hydroxyl groups excluding tert-OH is 1. The van der Waals surface area contributed by atoms with Crippen LogP contribution in [0.15, 0.2) is 28.7 Å². The lowest BCUT2D eigenvalue weighted by Gasteiger charge is -2.42. The van der Waals surface area contributed by atoms with Gasteiger partial charge in [-0.3, -0.25) is 4.79 Å². The minimum absolute atomic E-state index is 0.304. The second-order valence-electron chi connectivity index (χ2n) is 3.96. The van der Waals surface area contributed by atoms with Crippen LogP contribution < -0.4 is 0 Å². The SMILES string of the molecule is O=C(O)C1(c2cccc(Br)c2)CC(O)C1. The first kappa shape index (κ1) is 10.6. The summed E-state index contributed by atoms with van der Waals surface area (Å²) in [6.45, 7) is 0. The van der Waals surface area contributed by atoms with Crippen LogP contribution in [0.25, 0.3) is 0 Å². The van der Waals surface area contributed by atoms with Crippen molar-refractivity contribution >= 4 is 21.9 Å². The lowest BCUT2D eigenvalue weighted by molar-refractivity contribution is -0.152. The first-order valence-electron chi connectivity index (χ1n) is 4.72. The molecule has 0 spiro atoms. The largest absolute Gasteiger partial charge is 0.481 e. The molecule has 0 atom stereocenters. The number of benzene rings is 1. The normalized spacial score (nSPS) is 29.6. The van der Waals surface area contributed by atoms with E-state index in [1.807, 2.05) is 12.1 Å². The van der Waals surface area contributed by atoms with E-state index in [1.54, 1.807) is 12.1 Å². The predicted molar refractivity (Wildman–Crippen MR) is 58.7 cm³/mol. The molecule has 1 aromatic carbocycles. The molecule has 4 heteroatoms. The molecule has 15 heavy (non-hydrogen) atoms. The number of aliphatic hydroxyl groups is 1. The molecule has 1 saturated carbocycles. The standard InChI is InChI=1S/C11H11BrO3/c12-8-3-1-2-7(4-8)11(10(14)15)5-9(13)6-11/h1-4,9,13H,5-6H2,(H,14,15). The van der Waals surface area contributed by atoms with Crippen LogP contribution >= 0.6 is 15.9 Å². The molecule has 1 fully saturated rings. The molecule has 0 heterocycles. The third kappa shape index (κ3) is 1.68. The van der Waals surface area contributed by atoms with E-state index in [2.05, 4.69) is 15.9 Å². The Labute approximate surface area is 95.9 Å². The fraction of sp³-hybridized carbons (Fsp3) is 0.364. The lowest BCUT2D eigenvalue weighted by atomic mass is 9.63. The van der Waals surface area contributed by atoms with Crippen molar-refractivity contribution in [2.75, 3.05) is 0 Å². The Hall–Kier alpha value is -0.870. The molecule has 80 valence electrons. The lowest BCUT2D eigenvalue weighted by Crippen LogP contribution is -2.50. The van der Waals surface area contributed by atoms with Crippen LogP contribution in [0.3, 0.4) is 0 Å². The minimum Gasteiger partial charge on any atom is -0.481 e. The number of carboxylic acid groups (broad SMARTS) is 1. The van der Waals surface area contributed by atoms with E-state index in [0.717, 1.165) is 10.0 Å². The molecule has 1 aliphatic rings. The van der Waals surface area contributed by atoms with Crippen LogP contribution in [0.1, 0.15) is 18.4 Å². The summed E-state index contributed by atoms with van der Waals surface area (Å²) in [5.41, 5.74) is -0.127. The van der Waals surface area contributed by atoms with E-state index in [-0.39, 0.29) is 0 Å². The van der Waals surface area contributed by atoms with Gasteiger partial charge in [-0.1, -0.05) is 28.1 Å². The number of carboxylic acids is 1. The quantitative estimate of drug-likeness (QED) is 0.864. The Balaban J connectivity index is 2.39. The van der Waals surface area contributed by atoms with E-state index < -0.39 is 17.5 Å². The number of hydrogen-bond acceptors (Lipinski definition) is 2. The molecule has 2 rings (SSSR count). The van der Waals surface area contributed by atoms with Crippen LogP contribution in [-0.4, -0.2) is 22.3 Å². The van der Waals surface area contributed by atoms with Crippen molar-refractivity contribution < 1.29 is 15.0 Å².